The van der Waals surface area contributed by atoms with Crippen molar-refractivity contribution in [1.82, 2.24) is 9.55 Å². The molecule has 1 heterocycles. The Balaban J connectivity index is 3.50. The van der Waals surface area contributed by atoms with Crippen molar-refractivity contribution < 1.29 is 5.11 Å². The lowest BCUT2D eigenvalue weighted by atomic mass is 10.1. The molecule has 5 heteroatoms. The molecule has 0 radical (unpaired) electrons. The molecule has 0 atom stereocenters. The van der Waals surface area contributed by atoms with Gasteiger partial charge in [0, 0.05) is 6.04 Å². The first-order valence-corrected chi connectivity index (χ1v) is 5.63. The fraction of sp³-hybridized carbons (Fsp3) is 0.636. The van der Waals surface area contributed by atoms with E-state index in [0.717, 1.165) is 12.8 Å². The summed E-state index contributed by atoms with van der Waals surface area (Å²) in [5.41, 5.74) is -0.757. The summed E-state index contributed by atoms with van der Waals surface area (Å²) in [6.45, 7) is 5.65. The van der Waals surface area contributed by atoms with Gasteiger partial charge in [0.05, 0.1) is 5.56 Å². The molecule has 1 aromatic rings. The SMILES string of the molecule is CCc1c(O)n(C(CC)CC)c(=O)[nH]c1=O. The van der Waals surface area contributed by atoms with Gasteiger partial charge in [0.2, 0.25) is 5.88 Å². The first-order chi connectivity index (χ1) is 7.56. The van der Waals surface area contributed by atoms with Crippen LogP contribution in [-0.2, 0) is 6.42 Å². The van der Waals surface area contributed by atoms with E-state index in [1.165, 1.54) is 4.57 Å². The van der Waals surface area contributed by atoms with Crippen molar-refractivity contribution in [3.8, 4) is 5.88 Å². The van der Waals surface area contributed by atoms with Crippen LogP contribution >= 0.6 is 0 Å². The van der Waals surface area contributed by atoms with Crippen molar-refractivity contribution in [2.45, 2.75) is 46.1 Å². The molecule has 0 aliphatic heterocycles. The summed E-state index contributed by atoms with van der Waals surface area (Å²) >= 11 is 0. The van der Waals surface area contributed by atoms with Gasteiger partial charge in [0.1, 0.15) is 0 Å². The predicted molar refractivity (Wildman–Crippen MR) is 62.0 cm³/mol. The average Bonchev–Trinajstić information content (AvgIpc) is 2.24. The lowest BCUT2D eigenvalue weighted by Crippen LogP contribution is -2.34. The second-order valence-electron chi connectivity index (χ2n) is 3.76. The number of aromatic amines is 1. The smallest absolute Gasteiger partial charge is 0.331 e. The van der Waals surface area contributed by atoms with E-state index in [-0.39, 0.29) is 17.5 Å². The Kier molecular flexibility index (Phi) is 3.93. The maximum Gasteiger partial charge on any atom is 0.331 e. The quantitative estimate of drug-likeness (QED) is 0.809. The van der Waals surface area contributed by atoms with Gasteiger partial charge in [0.25, 0.3) is 5.56 Å². The molecular weight excluding hydrogens is 208 g/mol. The minimum absolute atomic E-state index is 0.0744. The number of hydrogen-bond acceptors (Lipinski definition) is 3. The summed E-state index contributed by atoms with van der Waals surface area (Å²) in [7, 11) is 0. The molecule has 1 aromatic heterocycles. The highest BCUT2D eigenvalue weighted by Crippen LogP contribution is 2.20. The van der Waals surface area contributed by atoms with Crippen molar-refractivity contribution in [2.75, 3.05) is 0 Å². The number of hydrogen-bond donors (Lipinski definition) is 2. The van der Waals surface area contributed by atoms with Gasteiger partial charge in [-0.05, 0) is 19.3 Å². The van der Waals surface area contributed by atoms with E-state index < -0.39 is 11.2 Å². The van der Waals surface area contributed by atoms with Crippen molar-refractivity contribution in [3.05, 3.63) is 26.4 Å². The molecule has 0 aliphatic carbocycles. The summed E-state index contributed by atoms with van der Waals surface area (Å²) in [6, 6.07) is -0.0744. The largest absolute Gasteiger partial charge is 0.494 e. The van der Waals surface area contributed by atoms with E-state index in [0.29, 0.717) is 6.42 Å². The highest BCUT2D eigenvalue weighted by atomic mass is 16.3. The van der Waals surface area contributed by atoms with Gasteiger partial charge in [-0.3, -0.25) is 14.3 Å². The summed E-state index contributed by atoms with van der Waals surface area (Å²) in [5, 5.41) is 9.93. The van der Waals surface area contributed by atoms with E-state index in [9.17, 15) is 14.7 Å². The van der Waals surface area contributed by atoms with Gasteiger partial charge in [-0.15, -0.1) is 0 Å². The van der Waals surface area contributed by atoms with Crippen molar-refractivity contribution >= 4 is 0 Å². The van der Waals surface area contributed by atoms with E-state index in [4.69, 9.17) is 0 Å². The first-order valence-electron chi connectivity index (χ1n) is 5.63. The molecule has 0 aliphatic rings. The van der Waals surface area contributed by atoms with Gasteiger partial charge in [0.15, 0.2) is 0 Å². The summed E-state index contributed by atoms with van der Waals surface area (Å²) < 4.78 is 1.28. The minimum Gasteiger partial charge on any atom is -0.494 e. The fourth-order valence-corrected chi connectivity index (χ4v) is 1.89. The van der Waals surface area contributed by atoms with Gasteiger partial charge in [-0.1, -0.05) is 20.8 Å². The summed E-state index contributed by atoms with van der Waals surface area (Å²) in [6.07, 6.45) is 1.87. The highest BCUT2D eigenvalue weighted by Gasteiger charge is 2.17. The molecule has 0 spiro atoms. The molecule has 2 N–H and O–H groups in total. The van der Waals surface area contributed by atoms with E-state index in [1.807, 2.05) is 13.8 Å². The number of H-pyrrole nitrogens is 1. The second kappa shape index (κ2) is 5.01. The van der Waals surface area contributed by atoms with Crippen LogP contribution in [0.1, 0.15) is 45.2 Å². The lowest BCUT2D eigenvalue weighted by molar-refractivity contribution is 0.344. The number of nitrogens with one attached hydrogen (secondary N) is 1. The molecule has 1 rings (SSSR count). The van der Waals surface area contributed by atoms with Gasteiger partial charge in [-0.2, -0.15) is 0 Å². The third kappa shape index (κ3) is 2.03. The zero-order valence-electron chi connectivity index (χ0n) is 9.91. The standard InChI is InChI=1S/C11H18N2O3/c1-4-7(5-2)13-10(15)8(6-3)9(14)12-11(13)16/h7,15H,4-6H2,1-3H3,(H,12,14,16). The van der Waals surface area contributed by atoms with Crippen LogP contribution in [0.2, 0.25) is 0 Å². The van der Waals surface area contributed by atoms with Gasteiger partial charge < -0.3 is 5.11 Å². The molecular formula is C11H18N2O3. The van der Waals surface area contributed by atoms with E-state index in [2.05, 4.69) is 4.98 Å². The summed E-state index contributed by atoms with van der Waals surface area (Å²) in [4.78, 5) is 25.3. The predicted octanol–water partition coefficient (Wildman–Crippen LogP) is 1.17. The molecule has 0 saturated heterocycles. The van der Waals surface area contributed by atoms with E-state index in [1.54, 1.807) is 6.92 Å². The van der Waals surface area contributed by atoms with Crippen LogP contribution in [-0.4, -0.2) is 14.7 Å². The monoisotopic (exact) mass is 226 g/mol. The third-order valence-corrected chi connectivity index (χ3v) is 2.87. The topological polar surface area (TPSA) is 75.1 Å². The van der Waals surface area contributed by atoms with Crippen LogP contribution < -0.4 is 11.2 Å². The Morgan fingerprint density at radius 2 is 1.81 bits per heavy atom. The van der Waals surface area contributed by atoms with Crippen LogP contribution in [0.15, 0.2) is 9.59 Å². The molecule has 5 nitrogen and oxygen atoms in total. The zero-order valence-corrected chi connectivity index (χ0v) is 9.91. The van der Waals surface area contributed by atoms with Crippen molar-refractivity contribution in [1.29, 1.82) is 0 Å². The Hall–Kier alpha value is -1.52. The molecule has 0 fully saturated rings. The number of aromatic nitrogens is 2. The maximum absolute atomic E-state index is 11.6. The average molecular weight is 226 g/mol. The van der Waals surface area contributed by atoms with Crippen LogP contribution in [0.3, 0.4) is 0 Å². The highest BCUT2D eigenvalue weighted by molar-refractivity contribution is 5.23. The molecule has 0 aromatic carbocycles. The number of nitrogens with zero attached hydrogens (tertiary/aromatic N) is 1. The summed E-state index contributed by atoms with van der Waals surface area (Å²) in [5.74, 6) is -0.190. The van der Waals surface area contributed by atoms with Gasteiger partial charge in [-0.25, -0.2) is 4.79 Å². The second-order valence-corrected chi connectivity index (χ2v) is 3.76. The Morgan fingerprint density at radius 1 is 1.25 bits per heavy atom. The Labute approximate surface area is 93.8 Å². The van der Waals surface area contributed by atoms with Crippen LogP contribution in [0.5, 0.6) is 5.88 Å². The zero-order chi connectivity index (χ0) is 12.3. The van der Waals surface area contributed by atoms with Gasteiger partial charge >= 0.3 is 5.69 Å². The minimum atomic E-state index is -0.534. The number of rotatable bonds is 4. The molecule has 0 saturated carbocycles. The van der Waals surface area contributed by atoms with E-state index >= 15 is 0 Å². The molecule has 0 bridgehead atoms. The van der Waals surface area contributed by atoms with Crippen molar-refractivity contribution in [3.63, 3.8) is 0 Å². The number of aromatic hydroxyl groups is 1. The molecule has 90 valence electrons. The molecule has 0 amide bonds. The molecule has 16 heavy (non-hydrogen) atoms. The van der Waals surface area contributed by atoms with Crippen LogP contribution in [0.4, 0.5) is 0 Å². The normalized spacial score (nSPS) is 11.0. The van der Waals surface area contributed by atoms with Crippen molar-refractivity contribution in [2.24, 2.45) is 0 Å². The van der Waals surface area contributed by atoms with Crippen LogP contribution in [0, 0.1) is 0 Å². The lowest BCUT2D eigenvalue weighted by Gasteiger charge is -2.18. The Morgan fingerprint density at radius 3 is 2.25 bits per heavy atom. The first kappa shape index (κ1) is 12.5. The maximum atomic E-state index is 11.6. The van der Waals surface area contributed by atoms with Crippen LogP contribution in [0.25, 0.3) is 0 Å². The fourth-order valence-electron chi connectivity index (χ4n) is 1.89. The molecule has 0 unspecified atom stereocenters. The Bertz CT molecular complexity index is 469. The third-order valence-electron chi connectivity index (χ3n) is 2.87.